The lowest BCUT2D eigenvalue weighted by Crippen LogP contribution is -1.95. The smallest absolute Gasteiger partial charge is 0.133 e. The van der Waals surface area contributed by atoms with Gasteiger partial charge in [-0.3, -0.25) is 4.79 Å². The zero-order chi connectivity index (χ0) is 10.3. The van der Waals surface area contributed by atoms with Gasteiger partial charge in [0.1, 0.15) is 17.4 Å². The largest absolute Gasteiger partial charge is 0.300 e. The van der Waals surface area contributed by atoms with E-state index >= 15 is 0 Å². The van der Waals surface area contributed by atoms with Crippen LogP contribution in [0.5, 0.6) is 0 Å². The summed E-state index contributed by atoms with van der Waals surface area (Å²) in [7, 11) is 0. The first-order chi connectivity index (χ1) is 6.58. The van der Waals surface area contributed by atoms with Crippen LogP contribution in [0.4, 0.5) is 8.78 Å². The topological polar surface area (TPSA) is 17.1 Å². The van der Waals surface area contributed by atoms with E-state index in [-0.39, 0.29) is 17.6 Å². The second-order valence-electron chi connectivity index (χ2n) is 3.76. The van der Waals surface area contributed by atoms with Gasteiger partial charge < -0.3 is 0 Å². The van der Waals surface area contributed by atoms with Gasteiger partial charge in [-0.05, 0) is 37.0 Å². The van der Waals surface area contributed by atoms with Gasteiger partial charge in [0, 0.05) is 12.0 Å². The van der Waals surface area contributed by atoms with E-state index < -0.39 is 11.6 Å². The molecule has 2 unspecified atom stereocenters. The fourth-order valence-corrected chi connectivity index (χ4v) is 1.80. The van der Waals surface area contributed by atoms with Gasteiger partial charge in [-0.1, -0.05) is 0 Å². The van der Waals surface area contributed by atoms with Crippen molar-refractivity contribution in [3.63, 3.8) is 0 Å². The number of rotatable bonds is 2. The van der Waals surface area contributed by atoms with E-state index in [1.54, 1.807) is 0 Å². The Morgan fingerprint density at radius 1 is 1.29 bits per heavy atom. The van der Waals surface area contributed by atoms with E-state index in [9.17, 15) is 13.6 Å². The molecule has 0 saturated heterocycles. The van der Waals surface area contributed by atoms with Crippen LogP contribution >= 0.6 is 0 Å². The minimum absolute atomic E-state index is 0.0256. The van der Waals surface area contributed by atoms with Crippen molar-refractivity contribution in [1.82, 2.24) is 0 Å². The van der Waals surface area contributed by atoms with Crippen LogP contribution in [0, 0.1) is 17.6 Å². The lowest BCUT2D eigenvalue weighted by Gasteiger charge is -1.99. The Labute approximate surface area is 80.7 Å². The average molecular weight is 196 g/mol. The molecular formula is C11H10F2O. The molecule has 1 aliphatic rings. The second-order valence-corrected chi connectivity index (χ2v) is 3.76. The number of benzene rings is 1. The fourth-order valence-electron chi connectivity index (χ4n) is 1.80. The first-order valence-electron chi connectivity index (χ1n) is 4.54. The number of hydrogen-bond acceptors (Lipinski definition) is 1. The second kappa shape index (κ2) is 3.15. The van der Waals surface area contributed by atoms with E-state index in [2.05, 4.69) is 0 Å². The van der Waals surface area contributed by atoms with Crippen molar-refractivity contribution in [1.29, 1.82) is 0 Å². The predicted molar refractivity (Wildman–Crippen MR) is 47.9 cm³/mol. The van der Waals surface area contributed by atoms with E-state index in [1.165, 1.54) is 19.1 Å². The van der Waals surface area contributed by atoms with Gasteiger partial charge in [0.2, 0.25) is 0 Å². The van der Waals surface area contributed by atoms with Crippen LogP contribution in [-0.2, 0) is 4.79 Å². The number of carbonyl (C=O) groups is 1. The molecule has 2 rings (SSSR count). The van der Waals surface area contributed by atoms with Gasteiger partial charge >= 0.3 is 0 Å². The molecule has 1 aromatic rings. The summed E-state index contributed by atoms with van der Waals surface area (Å²) < 4.78 is 25.6. The van der Waals surface area contributed by atoms with Crippen LogP contribution in [-0.4, -0.2) is 5.78 Å². The van der Waals surface area contributed by atoms with Crippen molar-refractivity contribution in [2.24, 2.45) is 5.92 Å². The highest BCUT2D eigenvalue weighted by Gasteiger charge is 2.41. The van der Waals surface area contributed by atoms with E-state index in [1.807, 2.05) is 0 Å². The zero-order valence-electron chi connectivity index (χ0n) is 7.76. The van der Waals surface area contributed by atoms with Gasteiger partial charge in [0.25, 0.3) is 0 Å². The lowest BCUT2D eigenvalue weighted by molar-refractivity contribution is -0.118. The number of Topliss-reactive ketones (excluding diaryl/α,β-unsaturated/α-hetero) is 1. The summed E-state index contributed by atoms with van der Waals surface area (Å²) in [6.45, 7) is 1.51. The maximum atomic E-state index is 12.8. The molecule has 0 bridgehead atoms. The lowest BCUT2D eigenvalue weighted by atomic mass is 10.1. The van der Waals surface area contributed by atoms with Gasteiger partial charge in [0.15, 0.2) is 0 Å². The Kier molecular flexibility index (Phi) is 2.10. The molecule has 3 heteroatoms. The third-order valence-electron chi connectivity index (χ3n) is 2.63. The molecule has 1 fully saturated rings. The summed E-state index contributed by atoms with van der Waals surface area (Å²) in [5, 5.41) is 0. The number of hydrogen-bond donors (Lipinski definition) is 0. The zero-order valence-corrected chi connectivity index (χ0v) is 7.76. The third-order valence-corrected chi connectivity index (χ3v) is 2.63. The molecule has 2 atom stereocenters. The van der Waals surface area contributed by atoms with Crippen LogP contribution in [0.25, 0.3) is 0 Å². The molecule has 14 heavy (non-hydrogen) atoms. The van der Waals surface area contributed by atoms with Crippen LogP contribution in [0.3, 0.4) is 0 Å². The predicted octanol–water partition coefficient (Wildman–Crippen LogP) is 2.66. The number of carbonyl (C=O) groups excluding carboxylic acids is 1. The molecule has 1 aliphatic carbocycles. The Bertz CT molecular complexity index is 367. The van der Waals surface area contributed by atoms with Crippen LogP contribution in [0.2, 0.25) is 0 Å². The van der Waals surface area contributed by atoms with Crippen molar-refractivity contribution in [2.75, 3.05) is 0 Å². The van der Waals surface area contributed by atoms with E-state index in [4.69, 9.17) is 0 Å². The van der Waals surface area contributed by atoms with Crippen molar-refractivity contribution >= 4 is 5.78 Å². The quantitative estimate of drug-likeness (QED) is 0.710. The van der Waals surface area contributed by atoms with Crippen molar-refractivity contribution < 1.29 is 13.6 Å². The molecular weight excluding hydrogens is 186 g/mol. The average Bonchev–Trinajstić information content (AvgIpc) is 2.79. The Hall–Kier alpha value is -1.25. The normalized spacial score (nSPS) is 24.8. The SMILES string of the molecule is CC(=O)C1CC1c1cc(F)cc(F)c1. The molecule has 1 saturated carbocycles. The summed E-state index contributed by atoms with van der Waals surface area (Å²) in [5.74, 6) is -1.06. The monoisotopic (exact) mass is 196 g/mol. The number of ketones is 1. The summed E-state index contributed by atoms with van der Waals surface area (Å²) >= 11 is 0. The van der Waals surface area contributed by atoms with Gasteiger partial charge in [-0.15, -0.1) is 0 Å². The molecule has 0 aliphatic heterocycles. The summed E-state index contributed by atoms with van der Waals surface area (Å²) in [6, 6.07) is 3.45. The third kappa shape index (κ3) is 1.67. The first-order valence-corrected chi connectivity index (χ1v) is 4.54. The maximum Gasteiger partial charge on any atom is 0.133 e. The van der Waals surface area contributed by atoms with Crippen molar-refractivity contribution in [3.8, 4) is 0 Å². The Balaban J connectivity index is 2.23. The molecule has 0 amide bonds. The van der Waals surface area contributed by atoms with Crippen molar-refractivity contribution in [3.05, 3.63) is 35.4 Å². The highest BCUT2D eigenvalue weighted by atomic mass is 19.1. The molecule has 74 valence electrons. The highest BCUT2D eigenvalue weighted by molar-refractivity contribution is 5.82. The fraction of sp³-hybridized carbons (Fsp3) is 0.364. The molecule has 1 aromatic carbocycles. The molecule has 0 heterocycles. The summed E-state index contributed by atoms with van der Waals surface area (Å²) in [4.78, 5) is 11.0. The van der Waals surface area contributed by atoms with Crippen LogP contribution in [0.1, 0.15) is 24.8 Å². The van der Waals surface area contributed by atoms with Crippen molar-refractivity contribution in [2.45, 2.75) is 19.3 Å². The molecule has 0 spiro atoms. The van der Waals surface area contributed by atoms with Gasteiger partial charge in [-0.25, -0.2) is 8.78 Å². The Morgan fingerprint density at radius 2 is 1.86 bits per heavy atom. The van der Waals surface area contributed by atoms with Crippen LogP contribution in [0.15, 0.2) is 18.2 Å². The molecule has 1 nitrogen and oxygen atoms in total. The highest BCUT2D eigenvalue weighted by Crippen LogP contribution is 2.48. The van der Waals surface area contributed by atoms with Gasteiger partial charge in [-0.2, -0.15) is 0 Å². The minimum Gasteiger partial charge on any atom is -0.300 e. The van der Waals surface area contributed by atoms with E-state index in [0.29, 0.717) is 5.56 Å². The maximum absolute atomic E-state index is 12.8. The summed E-state index contributed by atoms with van der Waals surface area (Å²) in [5.41, 5.74) is 0.600. The molecule has 0 radical (unpaired) electrons. The summed E-state index contributed by atoms with van der Waals surface area (Å²) in [6.07, 6.45) is 0.720. The van der Waals surface area contributed by atoms with Crippen LogP contribution < -0.4 is 0 Å². The molecule has 0 aromatic heterocycles. The van der Waals surface area contributed by atoms with Gasteiger partial charge in [0.05, 0.1) is 0 Å². The molecule has 0 N–H and O–H groups in total. The standard InChI is InChI=1S/C11H10F2O/c1-6(14)10-5-11(10)7-2-8(12)4-9(13)3-7/h2-4,10-11H,5H2,1H3. The number of halogens is 2. The van der Waals surface area contributed by atoms with E-state index in [0.717, 1.165) is 12.5 Å². The minimum atomic E-state index is -0.575. The Morgan fingerprint density at radius 3 is 2.29 bits per heavy atom. The first kappa shape index (κ1) is 9.31.